The van der Waals surface area contributed by atoms with Crippen molar-refractivity contribution in [2.75, 3.05) is 13.7 Å². The van der Waals surface area contributed by atoms with E-state index in [1.54, 1.807) is 11.3 Å². The van der Waals surface area contributed by atoms with E-state index >= 15 is 0 Å². The molecule has 1 saturated heterocycles. The van der Waals surface area contributed by atoms with Crippen LogP contribution in [0, 0.1) is 5.92 Å². The van der Waals surface area contributed by atoms with Gasteiger partial charge in [0.1, 0.15) is 0 Å². The summed E-state index contributed by atoms with van der Waals surface area (Å²) in [6.45, 7) is 2.86. The van der Waals surface area contributed by atoms with Gasteiger partial charge in [-0.1, -0.05) is 13.3 Å². The molecule has 3 nitrogen and oxygen atoms in total. The third-order valence-corrected chi connectivity index (χ3v) is 4.06. The third-order valence-electron chi connectivity index (χ3n) is 3.07. The van der Waals surface area contributed by atoms with E-state index in [2.05, 4.69) is 18.4 Å². The molecular formula is C13H18O3S. The van der Waals surface area contributed by atoms with Crippen molar-refractivity contribution in [1.82, 2.24) is 0 Å². The fraction of sp³-hybridized carbons (Fsp3) is 0.615. The Bertz CT molecular complexity index is 382. The van der Waals surface area contributed by atoms with Crippen molar-refractivity contribution in [3.05, 3.63) is 21.9 Å². The Morgan fingerprint density at radius 3 is 3.06 bits per heavy atom. The van der Waals surface area contributed by atoms with E-state index in [4.69, 9.17) is 9.47 Å². The SMILES string of the molecule is CCCc1ccsc1CC(C(=O)OC)C1CO1. The fourth-order valence-electron chi connectivity index (χ4n) is 2.04. The lowest BCUT2D eigenvalue weighted by Gasteiger charge is -2.12. The Balaban J connectivity index is 2.06. The Hall–Kier alpha value is -0.870. The number of esters is 1. The predicted molar refractivity (Wildman–Crippen MR) is 67.3 cm³/mol. The molecule has 1 aromatic heterocycles. The third kappa shape index (κ3) is 3.07. The average Bonchev–Trinajstić information content (AvgIpc) is 3.08. The molecule has 1 aliphatic heterocycles. The largest absolute Gasteiger partial charge is 0.469 e. The monoisotopic (exact) mass is 254 g/mol. The van der Waals surface area contributed by atoms with Gasteiger partial charge in [0.15, 0.2) is 0 Å². The molecule has 4 heteroatoms. The van der Waals surface area contributed by atoms with Crippen LogP contribution in [-0.4, -0.2) is 25.8 Å². The molecule has 0 bridgehead atoms. The number of rotatable bonds is 6. The summed E-state index contributed by atoms with van der Waals surface area (Å²) in [4.78, 5) is 13.0. The molecule has 94 valence electrons. The van der Waals surface area contributed by atoms with Crippen LogP contribution >= 0.6 is 11.3 Å². The molecule has 0 aromatic carbocycles. The topological polar surface area (TPSA) is 38.8 Å². The predicted octanol–water partition coefficient (Wildman–Crippen LogP) is 2.43. The number of thiophene rings is 1. The minimum Gasteiger partial charge on any atom is -0.469 e. The molecule has 1 aromatic rings. The average molecular weight is 254 g/mol. The fourth-order valence-corrected chi connectivity index (χ4v) is 3.04. The standard InChI is InChI=1S/C13H18O3S/c1-3-4-9-5-6-17-12(9)7-10(11-8-16-11)13(14)15-2/h5-6,10-11H,3-4,7-8H2,1-2H3. The summed E-state index contributed by atoms with van der Waals surface area (Å²) in [5, 5.41) is 2.10. The number of hydrogen-bond acceptors (Lipinski definition) is 4. The van der Waals surface area contributed by atoms with E-state index in [1.807, 2.05) is 0 Å². The maximum Gasteiger partial charge on any atom is 0.311 e. The number of carbonyl (C=O) groups excluding carboxylic acids is 1. The van der Waals surface area contributed by atoms with Gasteiger partial charge >= 0.3 is 5.97 Å². The van der Waals surface area contributed by atoms with Gasteiger partial charge in [0.05, 0.1) is 25.7 Å². The van der Waals surface area contributed by atoms with Crippen LogP contribution in [0.2, 0.25) is 0 Å². The molecule has 0 N–H and O–H groups in total. The van der Waals surface area contributed by atoms with Gasteiger partial charge in [-0.15, -0.1) is 11.3 Å². The van der Waals surface area contributed by atoms with Crippen LogP contribution in [-0.2, 0) is 27.1 Å². The maximum absolute atomic E-state index is 11.7. The summed E-state index contributed by atoms with van der Waals surface area (Å²) >= 11 is 1.73. The lowest BCUT2D eigenvalue weighted by atomic mass is 9.98. The molecule has 0 saturated carbocycles. The molecule has 2 unspecified atom stereocenters. The first-order valence-corrected chi connectivity index (χ1v) is 6.89. The summed E-state index contributed by atoms with van der Waals surface area (Å²) < 4.78 is 10.1. The van der Waals surface area contributed by atoms with Crippen LogP contribution in [0.1, 0.15) is 23.8 Å². The first kappa shape index (κ1) is 12.6. The number of ether oxygens (including phenoxy) is 2. The van der Waals surface area contributed by atoms with Crippen LogP contribution in [0.15, 0.2) is 11.4 Å². The number of carbonyl (C=O) groups is 1. The molecule has 2 rings (SSSR count). The second-order valence-electron chi connectivity index (χ2n) is 4.32. The van der Waals surface area contributed by atoms with E-state index in [0.717, 1.165) is 19.3 Å². The van der Waals surface area contributed by atoms with Gasteiger partial charge < -0.3 is 9.47 Å². The van der Waals surface area contributed by atoms with Crippen molar-refractivity contribution < 1.29 is 14.3 Å². The minimum atomic E-state index is -0.150. The summed E-state index contributed by atoms with van der Waals surface area (Å²) in [5.74, 6) is -0.280. The summed E-state index contributed by atoms with van der Waals surface area (Å²) in [6, 6.07) is 2.16. The van der Waals surface area contributed by atoms with E-state index in [0.29, 0.717) is 6.61 Å². The zero-order valence-corrected chi connectivity index (χ0v) is 11.1. The number of epoxide rings is 1. The Morgan fingerprint density at radius 1 is 1.71 bits per heavy atom. The van der Waals surface area contributed by atoms with E-state index in [9.17, 15) is 4.79 Å². The molecule has 1 aliphatic rings. The molecule has 2 atom stereocenters. The van der Waals surface area contributed by atoms with Crippen molar-refractivity contribution in [1.29, 1.82) is 0 Å². The van der Waals surface area contributed by atoms with Gasteiger partial charge in [0.25, 0.3) is 0 Å². The van der Waals surface area contributed by atoms with E-state index in [-0.39, 0.29) is 18.0 Å². The van der Waals surface area contributed by atoms with Gasteiger partial charge in [-0.3, -0.25) is 4.79 Å². The van der Waals surface area contributed by atoms with Gasteiger partial charge in [-0.2, -0.15) is 0 Å². The molecule has 0 amide bonds. The Morgan fingerprint density at radius 2 is 2.47 bits per heavy atom. The molecule has 0 radical (unpaired) electrons. The highest BCUT2D eigenvalue weighted by Crippen LogP contribution is 2.29. The molecule has 1 fully saturated rings. The van der Waals surface area contributed by atoms with Crippen molar-refractivity contribution in [3.8, 4) is 0 Å². The highest BCUT2D eigenvalue weighted by Gasteiger charge is 2.39. The number of methoxy groups -OCH3 is 1. The normalized spacial score (nSPS) is 20.0. The lowest BCUT2D eigenvalue weighted by Crippen LogP contribution is -2.24. The van der Waals surface area contributed by atoms with Gasteiger partial charge in [-0.05, 0) is 29.9 Å². The van der Waals surface area contributed by atoms with Crippen molar-refractivity contribution in [3.63, 3.8) is 0 Å². The second-order valence-corrected chi connectivity index (χ2v) is 5.33. The first-order valence-electron chi connectivity index (χ1n) is 6.01. The molecule has 0 aliphatic carbocycles. The Kier molecular flexibility index (Phi) is 4.18. The molecular weight excluding hydrogens is 236 g/mol. The van der Waals surface area contributed by atoms with Crippen LogP contribution in [0.5, 0.6) is 0 Å². The molecule has 0 spiro atoms. The summed E-state index contributed by atoms with van der Waals surface area (Å²) in [5.41, 5.74) is 1.37. The van der Waals surface area contributed by atoms with Crippen molar-refractivity contribution >= 4 is 17.3 Å². The maximum atomic E-state index is 11.7. The van der Waals surface area contributed by atoms with Crippen LogP contribution in [0.25, 0.3) is 0 Å². The minimum absolute atomic E-state index is 0.0685. The Labute approximate surface area is 106 Å². The second kappa shape index (κ2) is 5.65. The van der Waals surface area contributed by atoms with E-state index in [1.165, 1.54) is 17.6 Å². The van der Waals surface area contributed by atoms with Gasteiger partial charge in [0.2, 0.25) is 0 Å². The number of hydrogen-bond donors (Lipinski definition) is 0. The quantitative estimate of drug-likeness (QED) is 0.578. The van der Waals surface area contributed by atoms with Gasteiger partial charge in [-0.25, -0.2) is 0 Å². The molecule has 2 heterocycles. The zero-order chi connectivity index (χ0) is 12.3. The van der Waals surface area contributed by atoms with E-state index < -0.39 is 0 Å². The van der Waals surface area contributed by atoms with Crippen LogP contribution in [0.4, 0.5) is 0 Å². The highest BCUT2D eigenvalue weighted by atomic mass is 32.1. The lowest BCUT2D eigenvalue weighted by molar-refractivity contribution is -0.146. The smallest absolute Gasteiger partial charge is 0.311 e. The first-order chi connectivity index (χ1) is 8.26. The van der Waals surface area contributed by atoms with Crippen LogP contribution < -0.4 is 0 Å². The van der Waals surface area contributed by atoms with Crippen molar-refractivity contribution in [2.45, 2.75) is 32.3 Å². The summed E-state index contributed by atoms with van der Waals surface area (Å²) in [6.07, 6.45) is 3.04. The number of aryl methyl sites for hydroxylation is 1. The zero-order valence-electron chi connectivity index (χ0n) is 10.3. The van der Waals surface area contributed by atoms with Crippen molar-refractivity contribution in [2.24, 2.45) is 5.92 Å². The highest BCUT2D eigenvalue weighted by molar-refractivity contribution is 7.10. The van der Waals surface area contributed by atoms with Gasteiger partial charge in [0, 0.05) is 4.88 Å². The summed E-state index contributed by atoms with van der Waals surface area (Å²) in [7, 11) is 1.44. The molecule has 17 heavy (non-hydrogen) atoms. The van der Waals surface area contributed by atoms with Crippen LogP contribution in [0.3, 0.4) is 0 Å².